The molecule has 0 unspecified atom stereocenters. The Labute approximate surface area is 252 Å². The first kappa shape index (κ1) is 33.1. The summed E-state index contributed by atoms with van der Waals surface area (Å²) in [7, 11) is 1.55. The SMILES string of the molecule is C=C1CO[C@@H](CCC(=O)C[C@H]2O[C@H]3[C@@H](O)[C@H]4O[C@@H](CC(=O)C[C@@H]5[C@@H](OC)[C@@H](C[C@H](O)CO)O[C@H]5C)CC[C@@H]4O[C@H]3[C@H]2O)C1. The number of carbonyl (C=O) groups is 2. The number of rotatable bonds is 13. The van der Waals surface area contributed by atoms with E-state index in [4.69, 9.17) is 28.4 Å². The Bertz CT molecular complexity index is 990. The van der Waals surface area contributed by atoms with Gasteiger partial charge in [-0.2, -0.15) is 0 Å². The largest absolute Gasteiger partial charge is 0.394 e. The molecular formula is C31H48O12. The molecule has 0 radical (unpaired) electrons. The molecule has 4 N–H and O–H groups in total. The highest BCUT2D eigenvalue weighted by atomic mass is 16.6. The molecule has 0 aromatic carbocycles. The topological polar surface area (TPSA) is 170 Å². The van der Waals surface area contributed by atoms with Gasteiger partial charge in [0.1, 0.15) is 42.1 Å². The molecule has 5 aliphatic rings. The Balaban J connectivity index is 1.10. The molecule has 12 nitrogen and oxygen atoms in total. The highest BCUT2D eigenvalue weighted by Crippen LogP contribution is 2.41. The zero-order valence-corrected chi connectivity index (χ0v) is 25.1. The molecule has 5 heterocycles. The van der Waals surface area contributed by atoms with E-state index in [0.717, 1.165) is 12.0 Å². The third-order valence-corrected chi connectivity index (χ3v) is 9.77. The van der Waals surface area contributed by atoms with Crippen molar-refractivity contribution in [2.45, 2.75) is 144 Å². The van der Waals surface area contributed by atoms with E-state index in [0.29, 0.717) is 32.3 Å². The van der Waals surface area contributed by atoms with Crippen molar-refractivity contribution in [1.29, 1.82) is 0 Å². The van der Waals surface area contributed by atoms with Crippen LogP contribution < -0.4 is 0 Å². The molecule has 5 saturated heterocycles. The van der Waals surface area contributed by atoms with Crippen molar-refractivity contribution in [1.82, 2.24) is 0 Å². The summed E-state index contributed by atoms with van der Waals surface area (Å²) < 4.78 is 35.5. The summed E-state index contributed by atoms with van der Waals surface area (Å²) in [5.41, 5.74) is 1.03. The molecule has 5 rings (SSSR count). The number of hydrogen-bond donors (Lipinski definition) is 4. The zero-order valence-electron chi connectivity index (χ0n) is 25.1. The molecule has 0 aliphatic carbocycles. The lowest BCUT2D eigenvalue weighted by molar-refractivity contribution is -0.259. The molecule has 244 valence electrons. The number of ether oxygens (including phenoxy) is 6. The van der Waals surface area contributed by atoms with Crippen molar-refractivity contribution in [2.24, 2.45) is 5.92 Å². The lowest BCUT2D eigenvalue weighted by Crippen LogP contribution is -2.61. The van der Waals surface area contributed by atoms with Gasteiger partial charge in [-0.3, -0.25) is 9.59 Å². The molecule has 0 spiro atoms. The van der Waals surface area contributed by atoms with Crippen LogP contribution in [0.25, 0.3) is 0 Å². The molecule has 0 bridgehead atoms. The summed E-state index contributed by atoms with van der Waals surface area (Å²) in [6.07, 6.45) is -4.66. The Morgan fingerprint density at radius 2 is 1.72 bits per heavy atom. The van der Waals surface area contributed by atoms with Gasteiger partial charge in [0.2, 0.25) is 0 Å². The average Bonchev–Trinajstić information content (AvgIpc) is 3.63. The predicted octanol–water partition coefficient (Wildman–Crippen LogP) is 0.386. The molecule has 14 atom stereocenters. The van der Waals surface area contributed by atoms with E-state index < -0.39 is 61.0 Å². The van der Waals surface area contributed by atoms with Crippen molar-refractivity contribution in [3.63, 3.8) is 0 Å². The van der Waals surface area contributed by atoms with Crippen molar-refractivity contribution >= 4 is 11.6 Å². The van der Waals surface area contributed by atoms with Crippen LogP contribution in [0.2, 0.25) is 0 Å². The number of hydrogen-bond acceptors (Lipinski definition) is 12. The summed E-state index contributed by atoms with van der Waals surface area (Å²) in [4.78, 5) is 25.8. The molecule has 12 heteroatoms. The van der Waals surface area contributed by atoms with E-state index in [2.05, 4.69) is 6.58 Å². The van der Waals surface area contributed by atoms with E-state index in [-0.39, 0.29) is 68.1 Å². The summed E-state index contributed by atoms with van der Waals surface area (Å²) >= 11 is 0. The fraction of sp³-hybridized carbons (Fsp3) is 0.871. The molecular weight excluding hydrogens is 564 g/mol. The number of methoxy groups -OCH3 is 1. The van der Waals surface area contributed by atoms with Crippen LogP contribution in [0.3, 0.4) is 0 Å². The summed E-state index contributed by atoms with van der Waals surface area (Å²) in [6, 6.07) is 0. The van der Waals surface area contributed by atoms with Crippen LogP contribution in [0.1, 0.15) is 64.7 Å². The quantitative estimate of drug-likeness (QED) is 0.211. The Morgan fingerprint density at radius 1 is 0.953 bits per heavy atom. The minimum atomic E-state index is -1.07. The van der Waals surface area contributed by atoms with Crippen LogP contribution in [0, 0.1) is 5.92 Å². The second kappa shape index (κ2) is 14.4. The molecule has 5 aliphatic heterocycles. The van der Waals surface area contributed by atoms with Gasteiger partial charge in [-0.25, -0.2) is 0 Å². The van der Waals surface area contributed by atoms with Gasteiger partial charge >= 0.3 is 0 Å². The molecule has 0 aromatic rings. The number of aliphatic hydroxyl groups excluding tert-OH is 4. The second-order valence-electron chi connectivity index (χ2n) is 13.0. The van der Waals surface area contributed by atoms with Crippen molar-refractivity contribution in [2.75, 3.05) is 20.3 Å². The van der Waals surface area contributed by atoms with E-state index in [9.17, 15) is 30.0 Å². The van der Waals surface area contributed by atoms with E-state index in [1.54, 1.807) is 7.11 Å². The molecule has 0 amide bonds. The van der Waals surface area contributed by atoms with Crippen LogP contribution in [0.5, 0.6) is 0 Å². The van der Waals surface area contributed by atoms with Gasteiger partial charge in [0.05, 0.1) is 62.0 Å². The Hall–Kier alpha value is -1.32. The van der Waals surface area contributed by atoms with Gasteiger partial charge < -0.3 is 48.8 Å². The van der Waals surface area contributed by atoms with Crippen LogP contribution in [-0.4, -0.2) is 132 Å². The van der Waals surface area contributed by atoms with Crippen molar-refractivity contribution in [3.8, 4) is 0 Å². The first-order valence-electron chi connectivity index (χ1n) is 15.7. The van der Waals surface area contributed by atoms with Gasteiger partial charge in [-0.05, 0) is 38.2 Å². The third-order valence-electron chi connectivity index (χ3n) is 9.77. The van der Waals surface area contributed by atoms with E-state index in [1.165, 1.54) is 0 Å². The Morgan fingerprint density at radius 3 is 2.42 bits per heavy atom. The van der Waals surface area contributed by atoms with Gasteiger partial charge in [-0.1, -0.05) is 6.58 Å². The standard InChI is InChI=1S/C31H48O12/c1-15-8-20(39-14-15)5-4-17(33)11-24-26(36)30-31(43-24)27(37)29-23(42-30)7-6-21(41-29)9-18(34)10-22-16(2)40-25(28(22)38-3)12-19(35)13-32/h16,19-32,35-37H,1,4-14H2,2-3H3/t16-,19-,20-,21+,22-,23-,24+,25+,26-,27-,28+,29-,30-,31-/m0/s1. The fourth-order valence-electron chi connectivity index (χ4n) is 7.49. The van der Waals surface area contributed by atoms with Crippen LogP contribution in [-0.2, 0) is 38.0 Å². The van der Waals surface area contributed by atoms with Gasteiger partial charge in [0.25, 0.3) is 0 Å². The lowest BCUT2D eigenvalue weighted by Gasteiger charge is -2.46. The van der Waals surface area contributed by atoms with Crippen molar-refractivity contribution < 1.29 is 58.4 Å². The van der Waals surface area contributed by atoms with Crippen LogP contribution >= 0.6 is 0 Å². The number of fused-ring (bicyclic) bond motifs is 2. The monoisotopic (exact) mass is 612 g/mol. The van der Waals surface area contributed by atoms with Crippen molar-refractivity contribution in [3.05, 3.63) is 12.2 Å². The van der Waals surface area contributed by atoms with E-state index in [1.807, 2.05) is 6.92 Å². The number of Topliss-reactive ketones (excluding diaryl/α,β-unsaturated/α-hetero) is 2. The molecule has 0 aromatic heterocycles. The van der Waals surface area contributed by atoms with Crippen LogP contribution in [0.15, 0.2) is 12.2 Å². The van der Waals surface area contributed by atoms with Crippen LogP contribution in [0.4, 0.5) is 0 Å². The van der Waals surface area contributed by atoms with Gasteiger partial charge in [0.15, 0.2) is 0 Å². The minimum Gasteiger partial charge on any atom is -0.394 e. The van der Waals surface area contributed by atoms with Gasteiger partial charge in [0, 0.05) is 45.1 Å². The number of ketones is 2. The maximum atomic E-state index is 13.1. The molecule has 43 heavy (non-hydrogen) atoms. The zero-order chi connectivity index (χ0) is 30.8. The smallest absolute Gasteiger partial charge is 0.135 e. The third kappa shape index (κ3) is 7.57. The fourth-order valence-corrected chi connectivity index (χ4v) is 7.49. The normalized spacial score (nSPS) is 43.4. The highest BCUT2D eigenvalue weighted by Gasteiger charge is 2.57. The first-order chi connectivity index (χ1) is 20.6. The van der Waals surface area contributed by atoms with Gasteiger partial charge in [-0.15, -0.1) is 0 Å². The highest BCUT2D eigenvalue weighted by molar-refractivity contribution is 5.79. The summed E-state index contributed by atoms with van der Waals surface area (Å²) in [5, 5.41) is 41.2. The number of carbonyl (C=O) groups excluding carboxylic acids is 2. The predicted molar refractivity (Wildman–Crippen MR) is 150 cm³/mol. The average molecular weight is 613 g/mol. The molecule has 0 saturated carbocycles. The second-order valence-corrected chi connectivity index (χ2v) is 13.0. The summed E-state index contributed by atoms with van der Waals surface area (Å²) in [6.45, 7) is 5.95. The lowest BCUT2D eigenvalue weighted by atomic mass is 9.86. The van der Waals surface area contributed by atoms with E-state index >= 15 is 0 Å². The summed E-state index contributed by atoms with van der Waals surface area (Å²) in [5.74, 6) is -0.261. The maximum Gasteiger partial charge on any atom is 0.135 e. The Kier molecular flexibility index (Phi) is 11.1. The number of aliphatic hydroxyl groups is 4. The minimum absolute atomic E-state index is 0.00202. The maximum absolute atomic E-state index is 13.1. The molecule has 5 fully saturated rings. The first-order valence-corrected chi connectivity index (χ1v) is 15.7.